The second-order valence-corrected chi connectivity index (χ2v) is 3.78. The first kappa shape index (κ1) is 11.5. The Hall–Kier alpha value is -1.95. The molecular formula is C11H13N3O3. The van der Waals surface area contributed by atoms with Crippen LogP contribution in [0.4, 0.5) is 0 Å². The highest BCUT2D eigenvalue weighted by Crippen LogP contribution is 2.08. The van der Waals surface area contributed by atoms with Gasteiger partial charge < -0.3 is 5.32 Å². The van der Waals surface area contributed by atoms with Crippen LogP contribution in [0.3, 0.4) is 0 Å². The Balaban J connectivity index is 1.72. The van der Waals surface area contributed by atoms with Crippen molar-refractivity contribution >= 4 is 11.8 Å². The summed E-state index contributed by atoms with van der Waals surface area (Å²) in [6.45, 7) is 0.582. The Bertz CT molecular complexity index is 408. The molecule has 1 atom stereocenters. The third-order valence-electron chi connectivity index (χ3n) is 2.47. The van der Waals surface area contributed by atoms with E-state index < -0.39 is 0 Å². The molecule has 0 aliphatic carbocycles. The minimum atomic E-state index is -0.341. The predicted octanol–water partition coefficient (Wildman–Crippen LogP) is -0.235. The number of nitrogens with one attached hydrogen (secondary N) is 2. The second-order valence-electron chi connectivity index (χ2n) is 3.78. The molecule has 6 nitrogen and oxygen atoms in total. The second kappa shape index (κ2) is 5.40. The molecule has 2 N–H and O–H groups in total. The number of carbonyl (C=O) groups is 2. The largest absolute Gasteiger partial charge is 0.355 e. The summed E-state index contributed by atoms with van der Waals surface area (Å²) in [5.74, 6) is -0.722. The van der Waals surface area contributed by atoms with E-state index in [4.69, 9.17) is 4.84 Å². The molecule has 2 heterocycles. The summed E-state index contributed by atoms with van der Waals surface area (Å²) in [5, 5.41) is 2.59. The van der Waals surface area contributed by atoms with E-state index in [1.54, 1.807) is 18.3 Å². The minimum Gasteiger partial charge on any atom is -0.355 e. The zero-order valence-electron chi connectivity index (χ0n) is 9.18. The van der Waals surface area contributed by atoms with E-state index in [1.807, 2.05) is 6.07 Å². The van der Waals surface area contributed by atoms with Gasteiger partial charge in [-0.25, -0.2) is 5.48 Å². The minimum absolute atomic E-state index is 0.102. The van der Waals surface area contributed by atoms with Crippen LogP contribution < -0.4 is 10.8 Å². The van der Waals surface area contributed by atoms with E-state index in [2.05, 4.69) is 15.8 Å². The van der Waals surface area contributed by atoms with Gasteiger partial charge in [0.25, 0.3) is 0 Å². The number of hydrogen-bond donors (Lipinski definition) is 2. The Morgan fingerprint density at radius 2 is 2.47 bits per heavy atom. The average Bonchev–Trinajstić information content (AvgIpc) is 2.77. The molecule has 1 aromatic rings. The van der Waals surface area contributed by atoms with Gasteiger partial charge >= 0.3 is 0 Å². The van der Waals surface area contributed by atoms with Crippen LogP contribution in [0.2, 0.25) is 0 Å². The summed E-state index contributed by atoms with van der Waals surface area (Å²) in [7, 11) is 0. The van der Waals surface area contributed by atoms with Crippen LogP contribution in [-0.4, -0.2) is 23.3 Å². The van der Waals surface area contributed by atoms with Gasteiger partial charge in [-0.05, 0) is 12.1 Å². The lowest BCUT2D eigenvalue weighted by Gasteiger charge is -2.08. The fourth-order valence-electron chi connectivity index (χ4n) is 1.54. The predicted molar refractivity (Wildman–Crippen MR) is 58.3 cm³/mol. The first-order valence-electron chi connectivity index (χ1n) is 5.34. The van der Waals surface area contributed by atoms with Gasteiger partial charge in [0, 0.05) is 19.2 Å². The number of hydroxylamine groups is 1. The van der Waals surface area contributed by atoms with Crippen molar-refractivity contribution in [3.63, 3.8) is 0 Å². The number of nitrogens with zero attached hydrogens (tertiary/aromatic N) is 1. The highest BCUT2D eigenvalue weighted by Gasteiger charge is 2.27. The van der Waals surface area contributed by atoms with E-state index in [-0.39, 0.29) is 30.8 Å². The normalized spacial score (nSPS) is 18.8. The molecule has 17 heavy (non-hydrogen) atoms. The maximum Gasteiger partial charge on any atom is 0.248 e. The van der Waals surface area contributed by atoms with Crippen molar-refractivity contribution in [3.8, 4) is 0 Å². The summed E-state index contributed by atoms with van der Waals surface area (Å²) in [4.78, 5) is 31.5. The topological polar surface area (TPSA) is 80.3 Å². The Labute approximate surface area is 98.3 Å². The number of rotatable bonds is 4. The first-order chi connectivity index (χ1) is 8.25. The van der Waals surface area contributed by atoms with E-state index in [0.717, 1.165) is 5.69 Å². The van der Waals surface area contributed by atoms with E-state index in [9.17, 15) is 9.59 Å². The van der Waals surface area contributed by atoms with E-state index in [0.29, 0.717) is 6.54 Å². The van der Waals surface area contributed by atoms with Gasteiger partial charge in [-0.1, -0.05) is 6.07 Å². The van der Waals surface area contributed by atoms with E-state index in [1.165, 1.54) is 0 Å². The molecule has 90 valence electrons. The van der Waals surface area contributed by atoms with Gasteiger partial charge in [0.2, 0.25) is 11.8 Å². The molecule has 0 spiro atoms. The van der Waals surface area contributed by atoms with Crippen molar-refractivity contribution in [2.24, 2.45) is 5.92 Å². The zero-order valence-corrected chi connectivity index (χ0v) is 9.18. The van der Waals surface area contributed by atoms with Crippen LogP contribution in [-0.2, 0) is 21.0 Å². The molecule has 1 aliphatic rings. The van der Waals surface area contributed by atoms with Crippen molar-refractivity contribution < 1.29 is 14.4 Å². The van der Waals surface area contributed by atoms with Gasteiger partial charge in [-0.15, -0.1) is 0 Å². The summed E-state index contributed by atoms with van der Waals surface area (Å²) in [5.41, 5.74) is 3.05. The van der Waals surface area contributed by atoms with Crippen LogP contribution in [0, 0.1) is 5.92 Å². The van der Waals surface area contributed by atoms with Crippen LogP contribution in [0.15, 0.2) is 24.4 Å². The van der Waals surface area contributed by atoms with Gasteiger partial charge in [0.15, 0.2) is 0 Å². The molecule has 0 saturated carbocycles. The molecule has 6 heteroatoms. The Morgan fingerprint density at radius 3 is 3.12 bits per heavy atom. The summed E-state index contributed by atoms with van der Waals surface area (Å²) < 4.78 is 0. The molecule has 2 rings (SSSR count). The standard InChI is InChI=1S/C11H13N3O3/c15-10-5-8(6-13-10)11(16)14-17-7-9-3-1-2-4-12-9/h1-4,8H,5-7H2,(H,13,15)(H,14,16). The average molecular weight is 235 g/mol. The molecule has 0 aromatic carbocycles. The van der Waals surface area contributed by atoms with Crippen LogP contribution >= 0.6 is 0 Å². The van der Waals surface area contributed by atoms with Gasteiger partial charge in [0.05, 0.1) is 11.6 Å². The van der Waals surface area contributed by atoms with Crippen molar-refractivity contribution in [1.29, 1.82) is 0 Å². The summed E-state index contributed by atoms with van der Waals surface area (Å²) in [6.07, 6.45) is 1.87. The van der Waals surface area contributed by atoms with Gasteiger partial charge in [0.1, 0.15) is 6.61 Å². The maximum absolute atomic E-state index is 11.5. The van der Waals surface area contributed by atoms with Crippen molar-refractivity contribution in [3.05, 3.63) is 30.1 Å². The van der Waals surface area contributed by atoms with Crippen LogP contribution in [0.25, 0.3) is 0 Å². The van der Waals surface area contributed by atoms with Crippen LogP contribution in [0.5, 0.6) is 0 Å². The molecule has 2 amide bonds. The lowest BCUT2D eigenvalue weighted by Crippen LogP contribution is -2.31. The van der Waals surface area contributed by atoms with Crippen molar-refractivity contribution in [1.82, 2.24) is 15.8 Å². The number of amides is 2. The van der Waals surface area contributed by atoms with Gasteiger partial charge in [-0.2, -0.15) is 0 Å². The first-order valence-corrected chi connectivity index (χ1v) is 5.34. The smallest absolute Gasteiger partial charge is 0.248 e. The SMILES string of the molecule is O=C1CC(C(=O)NOCc2ccccn2)CN1. The lowest BCUT2D eigenvalue weighted by atomic mass is 10.1. The van der Waals surface area contributed by atoms with Gasteiger partial charge in [-0.3, -0.25) is 19.4 Å². The number of aromatic nitrogens is 1. The molecule has 0 radical (unpaired) electrons. The monoisotopic (exact) mass is 235 g/mol. The molecule has 1 saturated heterocycles. The number of carbonyl (C=O) groups excluding carboxylic acids is 2. The third kappa shape index (κ3) is 3.25. The third-order valence-corrected chi connectivity index (χ3v) is 2.47. The van der Waals surface area contributed by atoms with Crippen LogP contribution in [0.1, 0.15) is 12.1 Å². The fraction of sp³-hybridized carbons (Fsp3) is 0.364. The number of hydrogen-bond acceptors (Lipinski definition) is 4. The molecule has 1 unspecified atom stereocenters. The molecule has 1 fully saturated rings. The Morgan fingerprint density at radius 1 is 1.59 bits per heavy atom. The Kier molecular flexibility index (Phi) is 3.66. The highest BCUT2D eigenvalue weighted by molar-refractivity contribution is 5.88. The van der Waals surface area contributed by atoms with Crippen molar-refractivity contribution in [2.45, 2.75) is 13.0 Å². The van der Waals surface area contributed by atoms with Crippen molar-refractivity contribution in [2.75, 3.05) is 6.54 Å². The maximum atomic E-state index is 11.5. The fourth-order valence-corrected chi connectivity index (χ4v) is 1.54. The molecule has 1 aliphatic heterocycles. The quantitative estimate of drug-likeness (QED) is 0.706. The lowest BCUT2D eigenvalue weighted by molar-refractivity contribution is -0.139. The zero-order chi connectivity index (χ0) is 12.1. The highest BCUT2D eigenvalue weighted by atomic mass is 16.6. The summed E-state index contributed by atoms with van der Waals surface area (Å²) >= 11 is 0. The molecule has 1 aromatic heterocycles. The molecule has 0 bridgehead atoms. The van der Waals surface area contributed by atoms with E-state index >= 15 is 0 Å². The summed E-state index contributed by atoms with van der Waals surface area (Å²) in [6, 6.07) is 5.44. The number of pyridine rings is 1. The molecular weight excluding hydrogens is 222 g/mol.